The molecule has 0 aromatic heterocycles. The van der Waals surface area contributed by atoms with E-state index in [1.54, 1.807) is 30.2 Å². The summed E-state index contributed by atoms with van der Waals surface area (Å²) in [6.07, 6.45) is 2.54. The van der Waals surface area contributed by atoms with Crippen LogP contribution in [0.5, 0.6) is 5.75 Å². The van der Waals surface area contributed by atoms with Crippen molar-refractivity contribution in [3.05, 3.63) is 23.8 Å². The van der Waals surface area contributed by atoms with E-state index in [-0.39, 0.29) is 17.7 Å². The highest BCUT2D eigenvalue weighted by Gasteiger charge is 2.33. The largest absolute Gasteiger partial charge is 0.497 e. The molecule has 2 heterocycles. The number of anilines is 1. The molecular formula is C22H31N3O4. The first-order valence-electron chi connectivity index (χ1n) is 10.4. The van der Waals surface area contributed by atoms with Gasteiger partial charge >= 0.3 is 0 Å². The molecule has 2 aliphatic rings. The lowest BCUT2D eigenvalue weighted by Crippen LogP contribution is -2.44. The van der Waals surface area contributed by atoms with Gasteiger partial charge in [-0.25, -0.2) is 0 Å². The second-order valence-electron chi connectivity index (χ2n) is 8.43. The SMILES string of the molecule is COc1ccc(NC(=O)C2CCCN2C(C)=O)c(C(=O)N2C[C@H](C)C[C@H](C)C2)c1. The number of hydrogen-bond acceptors (Lipinski definition) is 4. The van der Waals surface area contributed by atoms with Gasteiger partial charge in [0.2, 0.25) is 11.8 Å². The lowest BCUT2D eigenvalue weighted by atomic mass is 9.91. The van der Waals surface area contributed by atoms with Crippen LogP contribution in [-0.4, -0.2) is 60.3 Å². The molecule has 0 spiro atoms. The van der Waals surface area contributed by atoms with E-state index in [1.165, 1.54) is 6.92 Å². The van der Waals surface area contributed by atoms with Crippen molar-refractivity contribution in [3.8, 4) is 5.75 Å². The average molecular weight is 402 g/mol. The highest BCUT2D eigenvalue weighted by Crippen LogP contribution is 2.28. The topological polar surface area (TPSA) is 79.0 Å². The van der Waals surface area contributed by atoms with E-state index in [0.29, 0.717) is 54.9 Å². The quantitative estimate of drug-likeness (QED) is 0.841. The molecule has 0 aliphatic carbocycles. The molecule has 1 aromatic carbocycles. The maximum atomic E-state index is 13.3. The molecule has 2 fully saturated rings. The molecule has 1 unspecified atom stereocenters. The van der Waals surface area contributed by atoms with Crippen LogP contribution >= 0.6 is 0 Å². The number of piperidine rings is 1. The number of ether oxygens (including phenoxy) is 1. The van der Waals surface area contributed by atoms with Crippen molar-refractivity contribution >= 4 is 23.4 Å². The monoisotopic (exact) mass is 401 g/mol. The van der Waals surface area contributed by atoms with Gasteiger partial charge in [-0.1, -0.05) is 13.8 Å². The summed E-state index contributed by atoms with van der Waals surface area (Å²) in [6, 6.07) is 4.62. The molecule has 1 N–H and O–H groups in total. The first kappa shape index (κ1) is 21.1. The third kappa shape index (κ3) is 4.71. The Bertz CT molecular complexity index is 784. The Balaban J connectivity index is 1.84. The van der Waals surface area contributed by atoms with Crippen LogP contribution in [-0.2, 0) is 9.59 Å². The van der Waals surface area contributed by atoms with Crippen LogP contribution in [0.1, 0.15) is 50.4 Å². The number of rotatable bonds is 4. The van der Waals surface area contributed by atoms with Crippen molar-refractivity contribution in [2.45, 2.75) is 46.1 Å². The van der Waals surface area contributed by atoms with Gasteiger partial charge in [-0.15, -0.1) is 0 Å². The van der Waals surface area contributed by atoms with Gasteiger partial charge in [-0.05, 0) is 49.3 Å². The lowest BCUT2D eigenvalue weighted by molar-refractivity contribution is -0.134. The van der Waals surface area contributed by atoms with Gasteiger partial charge in [0.1, 0.15) is 11.8 Å². The van der Waals surface area contributed by atoms with E-state index in [0.717, 1.165) is 12.8 Å². The molecule has 0 saturated carbocycles. The predicted octanol–water partition coefficient (Wildman–Crippen LogP) is 2.76. The van der Waals surface area contributed by atoms with Gasteiger partial charge < -0.3 is 19.9 Å². The zero-order chi connectivity index (χ0) is 21.1. The minimum absolute atomic E-state index is 0.104. The Kier molecular flexibility index (Phi) is 6.45. The average Bonchev–Trinajstić information content (AvgIpc) is 3.17. The molecule has 0 bridgehead atoms. The van der Waals surface area contributed by atoms with Gasteiger partial charge in [0, 0.05) is 26.6 Å². The normalized spacial score (nSPS) is 24.3. The summed E-state index contributed by atoms with van der Waals surface area (Å²) in [4.78, 5) is 41.4. The predicted molar refractivity (Wildman–Crippen MR) is 111 cm³/mol. The number of carbonyl (C=O) groups excluding carboxylic acids is 3. The van der Waals surface area contributed by atoms with Crippen molar-refractivity contribution in [1.82, 2.24) is 9.80 Å². The van der Waals surface area contributed by atoms with Crippen LogP contribution in [0, 0.1) is 11.8 Å². The molecule has 2 saturated heterocycles. The van der Waals surface area contributed by atoms with Crippen molar-refractivity contribution in [3.63, 3.8) is 0 Å². The van der Waals surface area contributed by atoms with Gasteiger partial charge in [-0.3, -0.25) is 14.4 Å². The van der Waals surface area contributed by atoms with E-state index in [1.807, 2.05) is 4.90 Å². The summed E-state index contributed by atoms with van der Waals surface area (Å²) < 4.78 is 5.31. The number of carbonyl (C=O) groups is 3. The fraction of sp³-hybridized carbons (Fsp3) is 0.591. The standard InChI is InChI=1S/C22H31N3O4/c1-14-10-15(2)13-24(12-14)22(28)18-11-17(29-4)7-8-19(18)23-21(27)20-6-5-9-25(20)16(3)26/h7-8,11,14-15,20H,5-6,9-10,12-13H2,1-4H3,(H,23,27)/t14-,15+,20?. The number of benzene rings is 1. The van der Waals surface area contributed by atoms with Crippen molar-refractivity contribution < 1.29 is 19.1 Å². The van der Waals surface area contributed by atoms with Crippen LogP contribution in [0.15, 0.2) is 18.2 Å². The van der Waals surface area contributed by atoms with E-state index in [2.05, 4.69) is 19.2 Å². The van der Waals surface area contributed by atoms with Crippen molar-refractivity contribution in [2.75, 3.05) is 32.1 Å². The van der Waals surface area contributed by atoms with E-state index in [4.69, 9.17) is 4.74 Å². The lowest BCUT2D eigenvalue weighted by Gasteiger charge is -2.35. The molecule has 7 heteroatoms. The molecule has 29 heavy (non-hydrogen) atoms. The summed E-state index contributed by atoms with van der Waals surface area (Å²) in [6.45, 7) is 7.78. The molecule has 158 valence electrons. The molecule has 3 rings (SSSR count). The summed E-state index contributed by atoms with van der Waals surface area (Å²) in [7, 11) is 1.55. The number of nitrogens with one attached hydrogen (secondary N) is 1. The second kappa shape index (κ2) is 8.84. The van der Waals surface area contributed by atoms with Gasteiger partial charge in [-0.2, -0.15) is 0 Å². The van der Waals surface area contributed by atoms with Crippen LogP contribution in [0.4, 0.5) is 5.69 Å². The second-order valence-corrected chi connectivity index (χ2v) is 8.43. The van der Waals surface area contributed by atoms with Gasteiger partial charge in [0.25, 0.3) is 5.91 Å². The minimum Gasteiger partial charge on any atom is -0.497 e. The number of nitrogens with zero attached hydrogens (tertiary/aromatic N) is 2. The van der Waals surface area contributed by atoms with Crippen LogP contribution in [0.2, 0.25) is 0 Å². The smallest absolute Gasteiger partial charge is 0.256 e. The van der Waals surface area contributed by atoms with Crippen LogP contribution in [0.25, 0.3) is 0 Å². The zero-order valence-electron chi connectivity index (χ0n) is 17.7. The van der Waals surface area contributed by atoms with Crippen molar-refractivity contribution in [1.29, 1.82) is 0 Å². The molecule has 3 amide bonds. The van der Waals surface area contributed by atoms with Gasteiger partial charge in [0.15, 0.2) is 0 Å². The summed E-state index contributed by atoms with van der Waals surface area (Å²) >= 11 is 0. The molecular weight excluding hydrogens is 370 g/mol. The van der Waals surface area contributed by atoms with E-state index >= 15 is 0 Å². The summed E-state index contributed by atoms with van der Waals surface area (Å²) in [5, 5.41) is 2.90. The van der Waals surface area contributed by atoms with E-state index < -0.39 is 6.04 Å². The Morgan fingerprint density at radius 2 is 1.83 bits per heavy atom. The number of amides is 3. The minimum atomic E-state index is -0.493. The third-order valence-electron chi connectivity index (χ3n) is 5.83. The fourth-order valence-corrected chi connectivity index (χ4v) is 4.57. The Morgan fingerprint density at radius 1 is 1.14 bits per heavy atom. The fourth-order valence-electron chi connectivity index (χ4n) is 4.57. The molecule has 0 radical (unpaired) electrons. The maximum Gasteiger partial charge on any atom is 0.256 e. The van der Waals surface area contributed by atoms with Gasteiger partial charge in [0.05, 0.1) is 18.4 Å². The Morgan fingerprint density at radius 3 is 2.45 bits per heavy atom. The first-order chi connectivity index (χ1) is 13.8. The number of likely N-dealkylation sites (tertiary alicyclic amines) is 2. The Hall–Kier alpha value is -2.57. The third-order valence-corrected chi connectivity index (χ3v) is 5.83. The summed E-state index contributed by atoms with van der Waals surface area (Å²) in [5.41, 5.74) is 0.883. The highest BCUT2D eigenvalue weighted by atomic mass is 16.5. The maximum absolute atomic E-state index is 13.3. The molecule has 2 aliphatic heterocycles. The van der Waals surface area contributed by atoms with Crippen molar-refractivity contribution in [2.24, 2.45) is 11.8 Å². The number of hydrogen-bond donors (Lipinski definition) is 1. The zero-order valence-corrected chi connectivity index (χ0v) is 17.7. The first-order valence-corrected chi connectivity index (χ1v) is 10.4. The van der Waals surface area contributed by atoms with Crippen LogP contribution in [0.3, 0.4) is 0 Å². The Labute approximate surface area is 172 Å². The van der Waals surface area contributed by atoms with E-state index in [9.17, 15) is 14.4 Å². The summed E-state index contributed by atoms with van der Waals surface area (Å²) in [5.74, 6) is 0.980. The van der Waals surface area contributed by atoms with Crippen LogP contribution < -0.4 is 10.1 Å². The molecule has 7 nitrogen and oxygen atoms in total. The molecule has 3 atom stereocenters. The molecule has 1 aromatic rings. The number of methoxy groups -OCH3 is 1. The highest BCUT2D eigenvalue weighted by molar-refractivity contribution is 6.05.